The van der Waals surface area contributed by atoms with Crippen LogP contribution in [0.2, 0.25) is 0 Å². The molecule has 1 heterocycles. The molecule has 3 nitrogen and oxygen atoms in total. The van der Waals surface area contributed by atoms with E-state index in [1.165, 1.54) is 6.33 Å². The number of rotatable bonds is 1. The average Bonchev–Trinajstić information content (AvgIpc) is 2.39. The van der Waals surface area contributed by atoms with Crippen LogP contribution in [-0.2, 0) is 0 Å². The predicted molar refractivity (Wildman–Crippen MR) is 67.8 cm³/mol. The van der Waals surface area contributed by atoms with Crippen LogP contribution in [0.5, 0.6) is 0 Å². The SMILES string of the molecule is O=c1[nH]cncc1-c1cccc2ccccc12. The van der Waals surface area contributed by atoms with E-state index in [0.717, 1.165) is 16.3 Å². The molecule has 3 aromatic rings. The molecule has 82 valence electrons. The van der Waals surface area contributed by atoms with Crippen LogP contribution < -0.4 is 5.56 Å². The number of fused-ring (bicyclic) bond motifs is 1. The van der Waals surface area contributed by atoms with Gasteiger partial charge in [0, 0.05) is 6.20 Å². The van der Waals surface area contributed by atoms with Gasteiger partial charge in [-0.1, -0.05) is 42.5 Å². The van der Waals surface area contributed by atoms with Crippen molar-refractivity contribution < 1.29 is 0 Å². The molecule has 0 unspecified atom stereocenters. The van der Waals surface area contributed by atoms with Crippen molar-refractivity contribution in [2.24, 2.45) is 0 Å². The second kappa shape index (κ2) is 3.87. The Morgan fingerprint density at radius 2 is 1.76 bits per heavy atom. The number of benzene rings is 2. The topological polar surface area (TPSA) is 45.8 Å². The van der Waals surface area contributed by atoms with E-state index >= 15 is 0 Å². The minimum atomic E-state index is -0.114. The molecule has 0 amide bonds. The lowest BCUT2D eigenvalue weighted by atomic mass is 10.0. The molecule has 0 spiro atoms. The number of hydrogen-bond donors (Lipinski definition) is 1. The van der Waals surface area contributed by atoms with Crippen molar-refractivity contribution in [3.8, 4) is 11.1 Å². The van der Waals surface area contributed by atoms with E-state index in [0.29, 0.717) is 5.56 Å². The summed E-state index contributed by atoms with van der Waals surface area (Å²) in [4.78, 5) is 18.3. The van der Waals surface area contributed by atoms with E-state index in [4.69, 9.17) is 0 Å². The van der Waals surface area contributed by atoms with Crippen LogP contribution in [0.15, 0.2) is 59.8 Å². The predicted octanol–water partition coefficient (Wildman–Crippen LogP) is 2.59. The maximum Gasteiger partial charge on any atom is 0.258 e. The monoisotopic (exact) mass is 222 g/mol. The van der Waals surface area contributed by atoms with Crippen LogP contribution in [0.25, 0.3) is 21.9 Å². The lowest BCUT2D eigenvalue weighted by Crippen LogP contribution is -2.08. The number of nitrogens with one attached hydrogen (secondary N) is 1. The first-order valence-corrected chi connectivity index (χ1v) is 5.37. The van der Waals surface area contributed by atoms with Crippen LogP contribution in [0.1, 0.15) is 0 Å². The van der Waals surface area contributed by atoms with Gasteiger partial charge in [0.1, 0.15) is 0 Å². The molecule has 0 radical (unpaired) electrons. The van der Waals surface area contributed by atoms with Gasteiger partial charge in [-0.3, -0.25) is 4.79 Å². The van der Waals surface area contributed by atoms with Crippen molar-refractivity contribution in [2.75, 3.05) is 0 Å². The number of hydrogen-bond acceptors (Lipinski definition) is 2. The fourth-order valence-electron chi connectivity index (χ4n) is 2.00. The number of H-pyrrole nitrogens is 1. The molecule has 0 aliphatic carbocycles. The molecule has 0 atom stereocenters. The van der Waals surface area contributed by atoms with Gasteiger partial charge < -0.3 is 4.98 Å². The highest BCUT2D eigenvalue weighted by atomic mass is 16.1. The molecular weight excluding hydrogens is 212 g/mol. The van der Waals surface area contributed by atoms with Crippen molar-refractivity contribution in [1.29, 1.82) is 0 Å². The second-order valence-corrected chi connectivity index (χ2v) is 3.82. The highest BCUT2D eigenvalue weighted by Crippen LogP contribution is 2.25. The van der Waals surface area contributed by atoms with E-state index in [-0.39, 0.29) is 5.56 Å². The molecule has 0 saturated carbocycles. The van der Waals surface area contributed by atoms with E-state index in [9.17, 15) is 4.79 Å². The molecule has 17 heavy (non-hydrogen) atoms. The van der Waals surface area contributed by atoms with E-state index < -0.39 is 0 Å². The second-order valence-electron chi connectivity index (χ2n) is 3.82. The Morgan fingerprint density at radius 3 is 2.65 bits per heavy atom. The Morgan fingerprint density at radius 1 is 0.941 bits per heavy atom. The minimum Gasteiger partial charge on any atom is -0.313 e. The Balaban J connectivity index is 2.39. The molecule has 0 saturated heterocycles. The first-order chi connectivity index (χ1) is 8.36. The van der Waals surface area contributed by atoms with Gasteiger partial charge >= 0.3 is 0 Å². The third kappa shape index (κ3) is 1.61. The summed E-state index contributed by atoms with van der Waals surface area (Å²) in [6, 6.07) is 13.9. The van der Waals surface area contributed by atoms with Crippen LogP contribution in [0, 0.1) is 0 Å². The summed E-state index contributed by atoms with van der Waals surface area (Å²) >= 11 is 0. The summed E-state index contributed by atoms with van der Waals surface area (Å²) in [6.07, 6.45) is 3.00. The van der Waals surface area contributed by atoms with Crippen molar-refractivity contribution >= 4 is 10.8 Å². The van der Waals surface area contributed by atoms with Gasteiger partial charge in [-0.25, -0.2) is 4.98 Å². The zero-order valence-corrected chi connectivity index (χ0v) is 9.05. The minimum absolute atomic E-state index is 0.114. The van der Waals surface area contributed by atoms with E-state index in [1.807, 2.05) is 42.5 Å². The van der Waals surface area contributed by atoms with E-state index in [1.54, 1.807) is 6.20 Å². The van der Waals surface area contributed by atoms with Gasteiger partial charge in [-0.05, 0) is 16.3 Å². The van der Waals surface area contributed by atoms with Gasteiger partial charge in [0.15, 0.2) is 0 Å². The summed E-state index contributed by atoms with van der Waals surface area (Å²) in [6.45, 7) is 0. The molecule has 3 rings (SSSR count). The van der Waals surface area contributed by atoms with Gasteiger partial charge in [0.25, 0.3) is 5.56 Å². The first-order valence-electron chi connectivity index (χ1n) is 5.37. The van der Waals surface area contributed by atoms with Crippen molar-refractivity contribution in [1.82, 2.24) is 9.97 Å². The molecule has 0 bridgehead atoms. The Labute approximate surface area is 97.8 Å². The maximum atomic E-state index is 11.8. The van der Waals surface area contributed by atoms with Gasteiger partial charge in [0.05, 0.1) is 11.9 Å². The smallest absolute Gasteiger partial charge is 0.258 e. The molecule has 1 N–H and O–H groups in total. The first kappa shape index (κ1) is 9.78. The van der Waals surface area contributed by atoms with Gasteiger partial charge in [-0.15, -0.1) is 0 Å². The normalized spacial score (nSPS) is 10.6. The number of nitrogens with zero attached hydrogens (tertiary/aromatic N) is 1. The summed E-state index contributed by atoms with van der Waals surface area (Å²) < 4.78 is 0. The van der Waals surface area contributed by atoms with Crippen LogP contribution in [-0.4, -0.2) is 9.97 Å². The highest BCUT2D eigenvalue weighted by molar-refractivity contribution is 5.96. The summed E-state index contributed by atoms with van der Waals surface area (Å²) in [7, 11) is 0. The Bertz CT molecular complexity index is 726. The van der Waals surface area contributed by atoms with E-state index in [2.05, 4.69) is 9.97 Å². The third-order valence-electron chi connectivity index (χ3n) is 2.80. The molecule has 0 aliphatic rings. The molecule has 3 heteroatoms. The molecular formula is C14H10N2O. The van der Waals surface area contributed by atoms with Crippen LogP contribution in [0.3, 0.4) is 0 Å². The molecule has 1 aromatic heterocycles. The van der Waals surface area contributed by atoms with Crippen LogP contribution in [0.4, 0.5) is 0 Å². The zero-order valence-electron chi connectivity index (χ0n) is 9.05. The Kier molecular flexibility index (Phi) is 2.22. The lowest BCUT2D eigenvalue weighted by Gasteiger charge is -2.04. The average molecular weight is 222 g/mol. The molecule has 2 aromatic carbocycles. The summed E-state index contributed by atoms with van der Waals surface area (Å²) in [5.41, 5.74) is 1.40. The van der Waals surface area contributed by atoms with Gasteiger partial charge in [0.2, 0.25) is 0 Å². The van der Waals surface area contributed by atoms with Crippen molar-refractivity contribution in [3.63, 3.8) is 0 Å². The summed E-state index contributed by atoms with van der Waals surface area (Å²) in [5, 5.41) is 2.18. The standard InChI is InChI=1S/C14H10N2O/c17-14-13(8-15-9-16-14)12-7-3-5-10-4-1-2-6-11(10)12/h1-9H,(H,15,16,17). The van der Waals surface area contributed by atoms with Crippen molar-refractivity contribution in [3.05, 3.63) is 65.3 Å². The largest absolute Gasteiger partial charge is 0.313 e. The molecule has 0 fully saturated rings. The fraction of sp³-hybridized carbons (Fsp3) is 0. The number of aromatic amines is 1. The van der Waals surface area contributed by atoms with Gasteiger partial charge in [-0.2, -0.15) is 0 Å². The van der Waals surface area contributed by atoms with Crippen LogP contribution >= 0.6 is 0 Å². The molecule has 0 aliphatic heterocycles. The number of aromatic nitrogens is 2. The van der Waals surface area contributed by atoms with Crippen molar-refractivity contribution in [2.45, 2.75) is 0 Å². The summed E-state index contributed by atoms with van der Waals surface area (Å²) in [5.74, 6) is 0. The lowest BCUT2D eigenvalue weighted by molar-refractivity contribution is 1.12. The Hall–Kier alpha value is -2.42. The third-order valence-corrected chi connectivity index (χ3v) is 2.80. The quantitative estimate of drug-likeness (QED) is 0.687. The highest BCUT2D eigenvalue weighted by Gasteiger charge is 2.06. The zero-order chi connectivity index (χ0) is 11.7. The fourth-order valence-corrected chi connectivity index (χ4v) is 2.00. The maximum absolute atomic E-state index is 11.8.